The first-order valence-corrected chi connectivity index (χ1v) is 10.8. The van der Waals surface area contributed by atoms with E-state index in [9.17, 15) is 4.79 Å². The molecule has 1 unspecified atom stereocenters. The van der Waals surface area contributed by atoms with Crippen LogP contribution in [-0.2, 0) is 30.7 Å². The van der Waals surface area contributed by atoms with Gasteiger partial charge in [0.15, 0.2) is 0 Å². The van der Waals surface area contributed by atoms with Gasteiger partial charge in [-0.2, -0.15) is 0 Å². The molecule has 4 rings (SSSR count). The average Bonchev–Trinajstić information content (AvgIpc) is 2.99. The number of rotatable bonds is 5. The fourth-order valence-corrected chi connectivity index (χ4v) is 5.56. The molecule has 0 radical (unpaired) electrons. The van der Waals surface area contributed by atoms with Crippen LogP contribution in [-0.4, -0.2) is 66.3 Å². The van der Waals surface area contributed by atoms with Gasteiger partial charge >= 0.3 is 0 Å². The van der Waals surface area contributed by atoms with Gasteiger partial charge in [0.2, 0.25) is 0 Å². The van der Waals surface area contributed by atoms with Crippen LogP contribution in [0.3, 0.4) is 0 Å². The minimum atomic E-state index is 0.164. The number of fused-ring (bicyclic) bond motifs is 3. The zero-order valence-electron chi connectivity index (χ0n) is 16.7. The lowest BCUT2D eigenvalue weighted by Crippen LogP contribution is -2.40. The molecule has 1 aliphatic carbocycles. The molecule has 0 N–H and O–H groups in total. The summed E-state index contributed by atoms with van der Waals surface area (Å²) in [6, 6.07) is 0. The van der Waals surface area contributed by atoms with Gasteiger partial charge in [-0.05, 0) is 44.8 Å². The first-order chi connectivity index (χ1) is 13.0. The minimum Gasteiger partial charge on any atom is -0.379 e. The van der Waals surface area contributed by atoms with Gasteiger partial charge in [0, 0.05) is 31.1 Å². The molecule has 2 aromatic rings. The number of aromatic nitrogens is 2. The van der Waals surface area contributed by atoms with E-state index in [1.165, 1.54) is 16.9 Å². The molecule has 0 amide bonds. The number of aryl methyl sites for hydroxylation is 1. The van der Waals surface area contributed by atoms with Gasteiger partial charge in [-0.1, -0.05) is 6.92 Å². The first-order valence-electron chi connectivity index (χ1n) is 10.0. The lowest BCUT2D eigenvalue weighted by molar-refractivity contribution is 0.0361. The van der Waals surface area contributed by atoms with Crippen molar-refractivity contribution in [1.82, 2.24) is 19.4 Å². The van der Waals surface area contributed by atoms with Gasteiger partial charge in [0.25, 0.3) is 5.56 Å². The van der Waals surface area contributed by atoms with Crippen LogP contribution in [0.4, 0.5) is 0 Å². The summed E-state index contributed by atoms with van der Waals surface area (Å²) in [5, 5.41) is 0.895. The van der Waals surface area contributed by atoms with Gasteiger partial charge < -0.3 is 9.64 Å². The van der Waals surface area contributed by atoms with E-state index in [0.29, 0.717) is 19.0 Å². The monoisotopic (exact) mass is 390 g/mol. The van der Waals surface area contributed by atoms with Gasteiger partial charge in [0.05, 0.1) is 25.1 Å². The fourth-order valence-electron chi connectivity index (χ4n) is 4.17. The summed E-state index contributed by atoms with van der Waals surface area (Å²) < 4.78 is 7.38. The molecule has 0 bridgehead atoms. The van der Waals surface area contributed by atoms with Gasteiger partial charge in [-0.15, -0.1) is 11.3 Å². The van der Waals surface area contributed by atoms with Crippen LogP contribution in [0.1, 0.15) is 29.6 Å². The van der Waals surface area contributed by atoms with Crippen LogP contribution in [0, 0.1) is 5.92 Å². The third kappa shape index (κ3) is 3.97. The topological polar surface area (TPSA) is 50.6 Å². The van der Waals surface area contributed by atoms with E-state index in [1.807, 2.05) is 18.7 Å². The normalized spacial score (nSPS) is 21.1. The third-order valence-corrected chi connectivity index (χ3v) is 6.84. The Kier molecular flexibility index (Phi) is 5.64. The lowest BCUT2D eigenvalue weighted by atomic mass is 9.89. The average molecular weight is 391 g/mol. The number of nitrogens with zero attached hydrogens (tertiary/aromatic N) is 4. The Labute approximate surface area is 164 Å². The van der Waals surface area contributed by atoms with Crippen LogP contribution in [0.15, 0.2) is 4.79 Å². The van der Waals surface area contributed by atoms with E-state index < -0.39 is 0 Å². The van der Waals surface area contributed by atoms with Crippen molar-refractivity contribution >= 4 is 21.6 Å². The maximum Gasteiger partial charge on any atom is 0.262 e. The standard InChI is InChI=1S/C20H30N4O2S/c1-14-4-5-15-16(12-14)27-19-18(15)20(25)24(17(21-19)13-22(2)3)7-6-23-8-10-26-11-9-23/h14H,4-13H2,1-3H3. The van der Waals surface area contributed by atoms with Crippen molar-refractivity contribution in [2.75, 3.05) is 46.9 Å². The molecule has 148 valence electrons. The first kappa shape index (κ1) is 19.1. The van der Waals surface area contributed by atoms with Crippen LogP contribution in [0.5, 0.6) is 0 Å². The SMILES string of the molecule is CC1CCc2c(sc3nc(CN(C)C)n(CCN4CCOCC4)c(=O)c23)C1. The molecule has 3 heterocycles. The van der Waals surface area contributed by atoms with E-state index in [1.54, 1.807) is 11.3 Å². The molecule has 1 fully saturated rings. The summed E-state index contributed by atoms with van der Waals surface area (Å²) in [5.74, 6) is 1.59. The van der Waals surface area contributed by atoms with E-state index >= 15 is 0 Å². The molecule has 6 nitrogen and oxygen atoms in total. The fraction of sp³-hybridized carbons (Fsp3) is 0.700. The molecule has 1 aliphatic heterocycles. The van der Waals surface area contributed by atoms with Gasteiger partial charge in [0.1, 0.15) is 10.7 Å². The zero-order valence-corrected chi connectivity index (χ0v) is 17.5. The van der Waals surface area contributed by atoms with E-state index in [4.69, 9.17) is 9.72 Å². The molecule has 1 saturated heterocycles. The smallest absolute Gasteiger partial charge is 0.262 e. The van der Waals surface area contributed by atoms with Crippen molar-refractivity contribution in [2.24, 2.45) is 5.92 Å². The molecule has 2 aliphatic rings. The zero-order chi connectivity index (χ0) is 19.0. The predicted octanol–water partition coefficient (Wildman–Crippen LogP) is 1.98. The summed E-state index contributed by atoms with van der Waals surface area (Å²) in [6.45, 7) is 8.02. The Bertz CT molecular complexity index is 867. The summed E-state index contributed by atoms with van der Waals surface area (Å²) in [7, 11) is 4.06. The third-order valence-electron chi connectivity index (χ3n) is 5.70. The Morgan fingerprint density at radius 3 is 2.78 bits per heavy atom. The Morgan fingerprint density at radius 2 is 2.04 bits per heavy atom. The Hall–Kier alpha value is -1.28. The maximum absolute atomic E-state index is 13.5. The molecule has 1 atom stereocenters. The summed E-state index contributed by atoms with van der Waals surface area (Å²) in [6.07, 6.45) is 3.28. The van der Waals surface area contributed by atoms with Crippen molar-refractivity contribution in [3.05, 3.63) is 26.6 Å². The van der Waals surface area contributed by atoms with Gasteiger partial charge in [-0.3, -0.25) is 14.3 Å². The molecular formula is C20H30N4O2S. The highest BCUT2D eigenvalue weighted by atomic mass is 32.1. The Morgan fingerprint density at radius 1 is 1.26 bits per heavy atom. The number of hydrogen-bond acceptors (Lipinski definition) is 6. The molecule has 2 aromatic heterocycles. The second-order valence-corrected chi connectivity index (χ2v) is 9.29. The molecule has 0 saturated carbocycles. The highest BCUT2D eigenvalue weighted by molar-refractivity contribution is 7.18. The maximum atomic E-state index is 13.5. The van der Waals surface area contributed by atoms with Gasteiger partial charge in [-0.25, -0.2) is 4.98 Å². The number of thiophene rings is 1. The van der Waals surface area contributed by atoms with Crippen molar-refractivity contribution in [3.63, 3.8) is 0 Å². The molecule has 0 spiro atoms. The van der Waals surface area contributed by atoms with Crippen molar-refractivity contribution in [1.29, 1.82) is 0 Å². The second kappa shape index (κ2) is 7.99. The highest BCUT2D eigenvalue weighted by Crippen LogP contribution is 2.35. The second-order valence-electron chi connectivity index (χ2n) is 8.21. The van der Waals surface area contributed by atoms with Crippen LogP contribution >= 0.6 is 11.3 Å². The van der Waals surface area contributed by atoms with Crippen LogP contribution < -0.4 is 5.56 Å². The largest absolute Gasteiger partial charge is 0.379 e. The number of ether oxygens (including phenoxy) is 1. The predicted molar refractivity (Wildman–Crippen MR) is 110 cm³/mol. The van der Waals surface area contributed by atoms with E-state index in [-0.39, 0.29) is 5.56 Å². The van der Waals surface area contributed by atoms with Crippen LogP contribution in [0.2, 0.25) is 0 Å². The Balaban J connectivity index is 1.72. The molecule has 27 heavy (non-hydrogen) atoms. The quantitative estimate of drug-likeness (QED) is 0.781. The minimum absolute atomic E-state index is 0.164. The molecule has 7 heteroatoms. The highest BCUT2D eigenvalue weighted by Gasteiger charge is 2.25. The van der Waals surface area contributed by atoms with Crippen LogP contribution in [0.25, 0.3) is 10.2 Å². The lowest BCUT2D eigenvalue weighted by Gasteiger charge is -2.27. The number of hydrogen-bond donors (Lipinski definition) is 0. The number of morpholine rings is 1. The van der Waals surface area contributed by atoms with E-state index in [0.717, 1.165) is 61.7 Å². The summed E-state index contributed by atoms with van der Waals surface area (Å²) in [4.78, 5) is 25.3. The van der Waals surface area contributed by atoms with E-state index in [2.05, 4.69) is 16.7 Å². The van der Waals surface area contributed by atoms with Crippen molar-refractivity contribution in [2.45, 2.75) is 39.3 Å². The van der Waals surface area contributed by atoms with Crippen molar-refractivity contribution in [3.8, 4) is 0 Å². The molecular weight excluding hydrogens is 360 g/mol. The molecule has 0 aromatic carbocycles. The van der Waals surface area contributed by atoms with Crippen molar-refractivity contribution < 1.29 is 4.74 Å². The summed E-state index contributed by atoms with van der Waals surface area (Å²) >= 11 is 1.74. The summed E-state index contributed by atoms with van der Waals surface area (Å²) in [5.41, 5.74) is 1.44.